The van der Waals surface area contributed by atoms with Crippen molar-refractivity contribution in [3.05, 3.63) is 22.7 Å². The van der Waals surface area contributed by atoms with Gasteiger partial charge >= 0.3 is 0 Å². The highest BCUT2D eigenvalue weighted by Crippen LogP contribution is 2.27. The van der Waals surface area contributed by atoms with Crippen LogP contribution in [0, 0.1) is 11.8 Å². The van der Waals surface area contributed by atoms with Crippen LogP contribution in [0.25, 0.3) is 0 Å². The molecular formula is C21H43N5. The monoisotopic (exact) mass is 365 g/mol. The topological polar surface area (TPSA) is 66.3 Å². The van der Waals surface area contributed by atoms with Gasteiger partial charge < -0.3 is 0 Å². The van der Waals surface area contributed by atoms with E-state index in [4.69, 9.17) is 0 Å². The van der Waals surface area contributed by atoms with Gasteiger partial charge in [0.05, 0.1) is 23.6 Å². The number of nitrogens with one attached hydrogen (secondary N) is 1. The van der Waals surface area contributed by atoms with Crippen LogP contribution in [-0.2, 0) is 0 Å². The van der Waals surface area contributed by atoms with Gasteiger partial charge in [0.1, 0.15) is 0 Å². The van der Waals surface area contributed by atoms with E-state index in [2.05, 4.69) is 81.0 Å². The Morgan fingerprint density at radius 3 is 1.35 bits per heavy atom. The normalized spacial score (nSPS) is 12.8. The summed E-state index contributed by atoms with van der Waals surface area (Å²) in [6.45, 7) is 26.1. The zero-order valence-corrected chi connectivity index (χ0v) is 19.3. The van der Waals surface area contributed by atoms with Crippen molar-refractivity contribution < 1.29 is 0 Å². The van der Waals surface area contributed by atoms with Crippen LogP contribution in [0.2, 0.25) is 0 Å². The molecule has 5 heteroatoms. The number of allylic oxidation sites excluding steroid dienone is 1. The lowest BCUT2D eigenvalue weighted by atomic mass is 9.97. The summed E-state index contributed by atoms with van der Waals surface area (Å²) in [7, 11) is 0. The average Bonchev–Trinajstić information content (AvgIpc) is 3.28. The molecule has 26 heavy (non-hydrogen) atoms. The highest BCUT2D eigenvalue weighted by atomic mass is 15.3. The molecule has 0 radical (unpaired) electrons. The molecule has 1 aliphatic rings. The maximum absolute atomic E-state index is 4.14. The Kier molecular flexibility index (Phi) is 15.0. The summed E-state index contributed by atoms with van der Waals surface area (Å²) in [5.41, 5.74) is 4.82. The second kappa shape index (κ2) is 14.6. The zero-order valence-electron chi connectivity index (χ0n) is 19.3. The van der Waals surface area contributed by atoms with Crippen molar-refractivity contribution in [2.24, 2.45) is 22.1 Å². The van der Waals surface area contributed by atoms with E-state index in [0.29, 0.717) is 23.7 Å². The van der Waals surface area contributed by atoms with Crippen LogP contribution in [0.4, 0.5) is 0 Å². The zero-order chi connectivity index (χ0) is 20.9. The molecule has 1 aromatic heterocycles. The van der Waals surface area contributed by atoms with E-state index in [-0.39, 0.29) is 0 Å². The van der Waals surface area contributed by atoms with Crippen molar-refractivity contribution in [2.75, 3.05) is 6.54 Å². The van der Waals surface area contributed by atoms with Crippen LogP contribution < -0.4 is 0 Å². The molecule has 1 aromatic rings. The van der Waals surface area contributed by atoms with Crippen LogP contribution in [0.5, 0.6) is 0 Å². The molecule has 152 valence electrons. The third kappa shape index (κ3) is 8.72. The summed E-state index contributed by atoms with van der Waals surface area (Å²) in [6.07, 6.45) is 0. The molecule has 0 spiro atoms. The molecule has 0 saturated heterocycles. The van der Waals surface area contributed by atoms with Gasteiger partial charge in [0.25, 0.3) is 0 Å². The van der Waals surface area contributed by atoms with Gasteiger partial charge in [-0.2, -0.15) is 25.6 Å². The van der Waals surface area contributed by atoms with Gasteiger partial charge in [-0.05, 0) is 29.2 Å². The first kappa shape index (κ1) is 26.7. The van der Waals surface area contributed by atoms with Gasteiger partial charge in [0.2, 0.25) is 0 Å². The van der Waals surface area contributed by atoms with Gasteiger partial charge in [-0.25, -0.2) is 0 Å². The molecule has 0 atom stereocenters. The minimum atomic E-state index is 0.464. The largest absolute Gasteiger partial charge is 0.197 e. The van der Waals surface area contributed by atoms with Crippen LogP contribution >= 0.6 is 0 Å². The van der Waals surface area contributed by atoms with E-state index in [0.717, 1.165) is 17.9 Å². The molecule has 0 saturated carbocycles. The van der Waals surface area contributed by atoms with E-state index in [1.54, 1.807) is 0 Å². The Morgan fingerprint density at radius 1 is 0.654 bits per heavy atom. The SMILES string of the molecule is CC.CC.CC(C)C1=C(C(C)C)N=NC1.CC(C)c1n[nH]nc1C(C)C. The van der Waals surface area contributed by atoms with Crippen molar-refractivity contribution >= 4 is 0 Å². The van der Waals surface area contributed by atoms with E-state index >= 15 is 0 Å². The summed E-state index contributed by atoms with van der Waals surface area (Å²) in [6, 6.07) is 0. The smallest absolute Gasteiger partial charge is 0.0884 e. The molecule has 0 unspecified atom stereocenters. The third-order valence-electron chi connectivity index (χ3n) is 3.69. The number of nitrogens with zero attached hydrogens (tertiary/aromatic N) is 4. The van der Waals surface area contributed by atoms with Crippen LogP contribution in [0.1, 0.15) is 106 Å². The van der Waals surface area contributed by atoms with E-state index in [1.165, 1.54) is 11.3 Å². The Bertz CT molecular complexity index is 500. The van der Waals surface area contributed by atoms with Gasteiger partial charge in [-0.15, -0.1) is 0 Å². The number of aromatic nitrogens is 3. The first-order valence-electron chi connectivity index (χ1n) is 10.3. The first-order chi connectivity index (χ1) is 12.3. The fourth-order valence-corrected chi connectivity index (χ4v) is 2.39. The molecule has 0 fully saturated rings. The average molecular weight is 366 g/mol. The molecule has 0 bridgehead atoms. The molecule has 5 nitrogen and oxygen atoms in total. The standard InChI is InChI=1S/C9H16N2.C8H15N3.2C2H6/c1-6(2)8-5-10-11-9(8)7(3)4;1-5(2)7-8(6(3)4)10-11-9-7;2*1-2/h6-7H,5H2,1-4H3;5-6H,1-4H3,(H,9,10,11);2*1-2H3. The highest BCUT2D eigenvalue weighted by molar-refractivity contribution is 5.21. The van der Waals surface area contributed by atoms with E-state index in [1.807, 2.05) is 27.7 Å². The Balaban J connectivity index is 0. The summed E-state index contributed by atoms with van der Waals surface area (Å²) < 4.78 is 0. The van der Waals surface area contributed by atoms with Gasteiger partial charge in [-0.1, -0.05) is 83.1 Å². The van der Waals surface area contributed by atoms with Crippen molar-refractivity contribution in [1.29, 1.82) is 0 Å². The van der Waals surface area contributed by atoms with Crippen molar-refractivity contribution in [2.45, 2.75) is 94.9 Å². The maximum atomic E-state index is 4.14. The van der Waals surface area contributed by atoms with Gasteiger partial charge in [-0.3, -0.25) is 0 Å². The van der Waals surface area contributed by atoms with Crippen molar-refractivity contribution in [1.82, 2.24) is 15.4 Å². The predicted octanol–water partition coefficient (Wildman–Crippen LogP) is 7.12. The quantitative estimate of drug-likeness (QED) is 0.617. The van der Waals surface area contributed by atoms with E-state index in [9.17, 15) is 0 Å². The molecular weight excluding hydrogens is 322 g/mol. The number of rotatable bonds is 4. The lowest BCUT2D eigenvalue weighted by Crippen LogP contribution is -2.01. The molecule has 1 N–H and O–H groups in total. The molecule has 0 amide bonds. The van der Waals surface area contributed by atoms with Crippen molar-refractivity contribution in [3.63, 3.8) is 0 Å². The number of azo groups is 1. The predicted molar refractivity (Wildman–Crippen MR) is 114 cm³/mol. The second-order valence-electron chi connectivity index (χ2n) is 7.02. The highest BCUT2D eigenvalue weighted by Gasteiger charge is 2.17. The summed E-state index contributed by atoms with van der Waals surface area (Å²) in [5.74, 6) is 2.05. The van der Waals surface area contributed by atoms with Gasteiger partial charge in [0.15, 0.2) is 0 Å². The minimum absolute atomic E-state index is 0.464. The molecule has 2 heterocycles. The second-order valence-corrected chi connectivity index (χ2v) is 7.02. The minimum Gasteiger partial charge on any atom is -0.197 e. The lowest BCUT2D eigenvalue weighted by Gasteiger charge is -2.09. The number of H-pyrrole nitrogens is 1. The number of hydrogen-bond donors (Lipinski definition) is 1. The number of aromatic amines is 1. The third-order valence-corrected chi connectivity index (χ3v) is 3.69. The Hall–Kier alpha value is -1.52. The summed E-state index contributed by atoms with van der Waals surface area (Å²) in [4.78, 5) is 0. The van der Waals surface area contributed by atoms with Crippen LogP contribution in [0.15, 0.2) is 21.5 Å². The summed E-state index contributed by atoms with van der Waals surface area (Å²) in [5, 5.41) is 19.0. The summed E-state index contributed by atoms with van der Waals surface area (Å²) >= 11 is 0. The lowest BCUT2D eigenvalue weighted by molar-refractivity contribution is 0.695. The van der Waals surface area contributed by atoms with Gasteiger partial charge in [0, 0.05) is 0 Å². The Labute approximate surface area is 162 Å². The molecule has 0 aliphatic carbocycles. The van der Waals surface area contributed by atoms with Crippen LogP contribution in [0.3, 0.4) is 0 Å². The Morgan fingerprint density at radius 2 is 1.08 bits per heavy atom. The number of hydrogen-bond acceptors (Lipinski definition) is 4. The van der Waals surface area contributed by atoms with E-state index < -0.39 is 0 Å². The molecule has 1 aliphatic heterocycles. The molecule has 0 aromatic carbocycles. The fraction of sp³-hybridized carbons (Fsp3) is 0.810. The van der Waals surface area contributed by atoms with Crippen molar-refractivity contribution in [3.8, 4) is 0 Å². The first-order valence-corrected chi connectivity index (χ1v) is 10.3. The maximum Gasteiger partial charge on any atom is 0.0884 e. The molecule has 2 rings (SSSR count). The fourth-order valence-electron chi connectivity index (χ4n) is 2.39. The van der Waals surface area contributed by atoms with Crippen LogP contribution in [-0.4, -0.2) is 22.0 Å².